The molecule has 0 bridgehead atoms. The number of hydrogen-bond donors (Lipinski definition) is 0. The molecule has 1 rings (SSSR count). The van der Waals surface area contributed by atoms with Crippen LogP contribution in [-0.2, 0) is 0 Å². The zero-order chi connectivity index (χ0) is 13.4. The summed E-state index contributed by atoms with van der Waals surface area (Å²) in [7, 11) is -1.75. The van der Waals surface area contributed by atoms with E-state index >= 15 is 0 Å². The van der Waals surface area contributed by atoms with Crippen molar-refractivity contribution < 1.29 is 4.43 Å². The third-order valence-electron chi connectivity index (χ3n) is 3.43. The van der Waals surface area contributed by atoms with E-state index in [1.807, 2.05) is 0 Å². The number of benzene rings is 1. The Bertz CT molecular complexity index is 399. The first-order valence-corrected chi connectivity index (χ1v) is 10.2. The Hall–Kier alpha value is 0.197. The van der Waals surface area contributed by atoms with E-state index in [2.05, 4.69) is 84.8 Å². The predicted octanol–water partition coefficient (Wildman–Crippen LogP) is 5.90. The Balaban J connectivity index is 3.05. The van der Waals surface area contributed by atoms with Gasteiger partial charge in [0.05, 0.1) is 0 Å². The molecule has 0 heterocycles. The van der Waals surface area contributed by atoms with Crippen LogP contribution in [0.15, 0.2) is 21.1 Å². The van der Waals surface area contributed by atoms with Gasteiger partial charge in [0.1, 0.15) is 5.75 Å². The molecule has 0 spiro atoms. The summed E-state index contributed by atoms with van der Waals surface area (Å²) in [4.78, 5) is 0. The summed E-state index contributed by atoms with van der Waals surface area (Å²) in [5.74, 6) is 0.945. The van der Waals surface area contributed by atoms with E-state index in [4.69, 9.17) is 4.43 Å². The smallest absolute Gasteiger partial charge is 0.250 e. The van der Waals surface area contributed by atoms with Crippen molar-refractivity contribution in [1.29, 1.82) is 0 Å². The molecule has 0 saturated carbocycles. The first kappa shape index (κ1) is 15.3. The highest BCUT2D eigenvalue weighted by atomic mass is 79.9. The first-order chi connectivity index (χ1) is 7.54. The van der Waals surface area contributed by atoms with Crippen LogP contribution < -0.4 is 4.43 Å². The van der Waals surface area contributed by atoms with Gasteiger partial charge in [-0.15, -0.1) is 0 Å². The lowest BCUT2D eigenvalue weighted by Gasteiger charge is -2.36. The molecule has 0 fully saturated rings. The Labute approximate surface area is 122 Å². The molecule has 0 radical (unpaired) electrons. The number of hydrogen-bond acceptors (Lipinski definition) is 1. The van der Waals surface area contributed by atoms with E-state index in [1.165, 1.54) is 5.56 Å². The normalized spacial score (nSPS) is 12.7. The van der Waals surface area contributed by atoms with Crippen LogP contribution in [0.4, 0.5) is 0 Å². The molecule has 0 aliphatic rings. The van der Waals surface area contributed by atoms with Crippen molar-refractivity contribution in [2.24, 2.45) is 0 Å². The summed E-state index contributed by atoms with van der Waals surface area (Å²) < 4.78 is 8.43. The van der Waals surface area contributed by atoms with Crippen molar-refractivity contribution in [1.82, 2.24) is 0 Å². The lowest BCUT2D eigenvalue weighted by atomic mass is 10.2. The van der Waals surface area contributed by atoms with Gasteiger partial charge in [-0.1, -0.05) is 52.6 Å². The molecule has 0 amide bonds. The molecule has 0 aliphatic heterocycles. The zero-order valence-corrected chi connectivity index (χ0v) is 15.5. The average molecular weight is 380 g/mol. The van der Waals surface area contributed by atoms with E-state index in [9.17, 15) is 0 Å². The van der Waals surface area contributed by atoms with Gasteiger partial charge in [0.25, 0.3) is 0 Å². The molecule has 0 saturated heterocycles. The highest BCUT2D eigenvalue weighted by Crippen LogP contribution is 2.39. The topological polar surface area (TPSA) is 9.23 Å². The summed E-state index contributed by atoms with van der Waals surface area (Å²) >= 11 is 7.12. The third kappa shape index (κ3) is 3.58. The maximum Gasteiger partial charge on any atom is 0.250 e. The highest BCUT2D eigenvalue weighted by Gasteiger charge is 2.39. The van der Waals surface area contributed by atoms with E-state index in [-0.39, 0.29) is 5.04 Å². The predicted molar refractivity (Wildman–Crippen MR) is 84.4 cm³/mol. The van der Waals surface area contributed by atoms with Crippen LogP contribution in [0.1, 0.15) is 26.3 Å². The van der Waals surface area contributed by atoms with Crippen molar-refractivity contribution in [3.63, 3.8) is 0 Å². The SMILES string of the molecule is Cc1c(Br)cc(O[Si](C)(C)C(C)(C)C)cc1Br. The van der Waals surface area contributed by atoms with Crippen LogP contribution in [0.3, 0.4) is 0 Å². The molecule has 0 N–H and O–H groups in total. The van der Waals surface area contributed by atoms with Gasteiger partial charge < -0.3 is 4.43 Å². The Morgan fingerprint density at radius 3 is 1.82 bits per heavy atom. The fraction of sp³-hybridized carbons (Fsp3) is 0.538. The second kappa shape index (κ2) is 5.06. The van der Waals surface area contributed by atoms with Crippen LogP contribution in [0.2, 0.25) is 18.1 Å². The standard InChI is InChI=1S/C13H20Br2OSi/c1-9-11(14)7-10(8-12(9)15)16-17(5,6)13(2,3)4/h7-8H,1-6H3. The second-order valence-corrected chi connectivity index (χ2v) is 12.3. The molecule has 1 aromatic rings. The summed E-state index contributed by atoms with van der Waals surface area (Å²) in [5, 5.41) is 0.219. The Kier molecular flexibility index (Phi) is 4.54. The Morgan fingerprint density at radius 2 is 1.47 bits per heavy atom. The van der Waals surface area contributed by atoms with Crippen LogP contribution >= 0.6 is 31.9 Å². The van der Waals surface area contributed by atoms with E-state index in [1.54, 1.807) is 0 Å². The van der Waals surface area contributed by atoms with Crippen LogP contribution in [0.25, 0.3) is 0 Å². The highest BCUT2D eigenvalue weighted by molar-refractivity contribution is 9.11. The monoisotopic (exact) mass is 378 g/mol. The molecule has 1 nitrogen and oxygen atoms in total. The van der Waals surface area contributed by atoms with Crippen LogP contribution in [-0.4, -0.2) is 8.32 Å². The fourth-order valence-corrected chi connectivity index (χ4v) is 3.29. The lowest BCUT2D eigenvalue weighted by molar-refractivity contribution is 0.491. The van der Waals surface area contributed by atoms with Gasteiger partial charge in [-0.25, -0.2) is 0 Å². The van der Waals surface area contributed by atoms with Gasteiger partial charge in [0, 0.05) is 8.95 Å². The maximum absolute atomic E-state index is 6.26. The summed E-state index contributed by atoms with van der Waals surface area (Å²) in [6, 6.07) is 4.11. The van der Waals surface area contributed by atoms with E-state index in [0.717, 1.165) is 14.7 Å². The average Bonchev–Trinajstić information content (AvgIpc) is 2.11. The maximum atomic E-state index is 6.26. The number of rotatable bonds is 2. The summed E-state index contributed by atoms with van der Waals surface area (Å²) in [6.07, 6.45) is 0. The van der Waals surface area contributed by atoms with E-state index < -0.39 is 8.32 Å². The van der Waals surface area contributed by atoms with Crippen molar-refractivity contribution in [2.75, 3.05) is 0 Å². The third-order valence-corrected chi connectivity index (χ3v) is 9.44. The fourth-order valence-electron chi connectivity index (χ4n) is 1.13. The molecular weight excluding hydrogens is 360 g/mol. The Morgan fingerprint density at radius 1 is 1.06 bits per heavy atom. The molecule has 0 atom stereocenters. The second-order valence-electron chi connectivity index (χ2n) is 5.87. The molecule has 4 heteroatoms. The van der Waals surface area contributed by atoms with Crippen LogP contribution in [0, 0.1) is 6.92 Å². The van der Waals surface area contributed by atoms with Gasteiger partial charge in [0.15, 0.2) is 0 Å². The molecule has 0 unspecified atom stereocenters. The molecule has 17 heavy (non-hydrogen) atoms. The van der Waals surface area contributed by atoms with E-state index in [0.29, 0.717) is 0 Å². The first-order valence-electron chi connectivity index (χ1n) is 5.69. The van der Waals surface area contributed by atoms with Gasteiger partial charge in [-0.2, -0.15) is 0 Å². The van der Waals surface area contributed by atoms with Gasteiger partial charge >= 0.3 is 0 Å². The number of halogens is 2. The molecule has 96 valence electrons. The molecule has 0 aromatic heterocycles. The summed E-state index contributed by atoms with van der Waals surface area (Å²) in [6.45, 7) is 13.3. The van der Waals surface area contributed by atoms with Gasteiger partial charge in [-0.3, -0.25) is 0 Å². The van der Waals surface area contributed by atoms with Crippen molar-refractivity contribution in [2.45, 2.75) is 45.8 Å². The minimum absolute atomic E-state index is 0.219. The molecule has 0 aliphatic carbocycles. The van der Waals surface area contributed by atoms with Crippen molar-refractivity contribution >= 4 is 40.2 Å². The molecular formula is C13H20Br2OSi. The van der Waals surface area contributed by atoms with Gasteiger partial charge in [-0.05, 0) is 42.8 Å². The lowest BCUT2D eigenvalue weighted by Crippen LogP contribution is -2.43. The molecule has 1 aromatic carbocycles. The zero-order valence-electron chi connectivity index (χ0n) is 11.3. The van der Waals surface area contributed by atoms with Crippen LogP contribution in [0.5, 0.6) is 5.75 Å². The largest absolute Gasteiger partial charge is 0.543 e. The quantitative estimate of drug-likeness (QED) is 0.580. The minimum atomic E-state index is -1.75. The minimum Gasteiger partial charge on any atom is -0.543 e. The summed E-state index contributed by atoms with van der Waals surface area (Å²) in [5.41, 5.74) is 1.20. The van der Waals surface area contributed by atoms with Crippen molar-refractivity contribution in [3.05, 3.63) is 26.6 Å². The van der Waals surface area contributed by atoms with Crippen molar-refractivity contribution in [3.8, 4) is 5.75 Å². The van der Waals surface area contributed by atoms with Gasteiger partial charge in [0.2, 0.25) is 8.32 Å².